The fourth-order valence-corrected chi connectivity index (χ4v) is 4.23. The van der Waals surface area contributed by atoms with Crippen molar-refractivity contribution in [2.45, 2.75) is 43.9 Å². The number of fused-ring (bicyclic) bond motifs is 5. The van der Waals surface area contributed by atoms with Crippen LogP contribution in [-0.4, -0.2) is 37.4 Å². The molecule has 5 rings (SSSR count). The second-order valence-corrected chi connectivity index (χ2v) is 8.53. The highest BCUT2D eigenvalue weighted by Gasteiger charge is 2.53. The summed E-state index contributed by atoms with van der Waals surface area (Å²) in [5.41, 5.74) is -3.72. The van der Waals surface area contributed by atoms with Gasteiger partial charge in [-0.05, 0) is 32.1 Å². The summed E-state index contributed by atoms with van der Waals surface area (Å²) in [6, 6.07) is 3.98. The summed E-state index contributed by atoms with van der Waals surface area (Å²) in [5, 5.41) is 52.3. The van der Waals surface area contributed by atoms with Gasteiger partial charge in [-0.25, -0.2) is 0 Å². The minimum Gasteiger partial charge on any atom is -0.507 e. The van der Waals surface area contributed by atoms with Gasteiger partial charge in [-0.2, -0.15) is 0 Å². The number of phenols is 2. The Morgan fingerprint density at radius 1 is 1.23 bits per heavy atom. The highest BCUT2D eigenvalue weighted by molar-refractivity contribution is 5.98. The molecule has 2 aliphatic rings. The van der Waals surface area contributed by atoms with Gasteiger partial charge >= 0.3 is 0 Å². The number of hydrogen-bond acceptors (Lipinski definition) is 9. The Bertz CT molecular complexity index is 1330. The van der Waals surface area contributed by atoms with Gasteiger partial charge in [-0.3, -0.25) is 4.79 Å². The first-order valence-electron chi connectivity index (χ1n) is 9.63. The molecule has 3 unspecified atom stereocenters. The highest BCUT2D eigenvalue weighted by atomic mass is 16.7. The van der Waals surface area contributed by atoms with Gasteiger partial charge in [0.25, 0.3) is 6.29 Å². The van der Waals surface area contributed by atoms with Crippen LogP contribution < -0.4 is 10.2 Å². The van der Waals surface area contributed by atoms with Crippen molar-refractivity contribution >= 4 is 21.9 Å². The van der Waals surface area contributed by atoms with Crippen molar-refractivity contribution in [1.82, 2.24) is 0 Å². The molecule has 0 radical (unpaired) electrons. The van der Waals surface area contributed by atoms with Crippen molar-refractivity contribution in [2.75, 3.05) is 0 Å². The van der Waals surface area contributed by atoms with Gasteiger partial charge in [0.15, 0.2) is 5.60 Å². The normalized spacial score (nSPS) is 22.9. The van der Waals surface area contributed by atoms with Crippen LogP contribution in [0.4, 0.5) is 0 Å². The summed E-state index contributed by atoms with van der Waals surface area (Å²) < 4.78 is 16.6. The average molecular weight is 428 g/mol. The van der Waals surface area contributed by atoms with E-state index in [2.05, 4.69) is 0 Å². The zero-order valence-corrected chi connectivity index (χ0v) is 16.6. The third-order valence-electron chi connectivity index (χ3n) is 5.63. The molecule has 3 atom stereocenters. The number of ether oxygens (including phenoxy) is 2. The maximum atomic E-state index is 13.3. The van der Waals surface area contributed by atoms with E-state index in [-0.39, 0.29) is 45.2 Å². The lowest BCUT2D eigenvalue weighted by molar-refractivity contribution is -0.110. The minimum absolute atomic E-state index is 0.0388. The number of aliphatic hydroxyl groups excluding tert-OH is 1. The molecule has 5 N–H and O–H groups in total. The highest BCUT2D eigenvalue weighted by Crippen LogP contribution is 2.52. The third kappa shape index (κ3) is 2.71. The lowest BCUT2D eigenvalue weighted by Crippen LogP contribution is -2.33. The van der Waals surface area contributed by atoms with E-state index in [1.165, 1.54) is 44.4 Å². The Hall–Kier alpha value is -3.27. The van der Waals surface area contributed by atoms with Gasteiger partial charge in [0.05, 0.1) is 23.5 Å². The quantitative estimate of drug-likeness (QED) is 0.395. The molecule has 0 saturated heterocycles. The smallest absolute Gasteiger partial charge is 0.277 e. The van der Waals surface area contributed by atoms with E-state index in [1.54, 1.807) is 0 Å². The fourth-order valence-electron chi connectivity index (χ4n) is 4.23. The Kier molecular flexibility index (Phi) is 3.89. The van der Waals surface area contributed by atoms with Gasteiger partial charge in [-0.1, -0.05) is 0 Å². The van der Waals surface area contributed by atoms with Crippen molar-refractivity contribution in [3.05, 3.63) is 51.9 Å². The van der Waals surface area contributed by atoms with E-state index in [0.717, 1.165) is 0 Å². The Balaban J connectivity index is 1.82. The second kappa shape index (κ2) is 6.13. The van der Waals surface area contributed by atoms with Gasteiger partial charge in [0.1, 0.15) is 39.2 Å². The lowest BCUT2D eigenvalue weighted by Gasteiger charge is -2.22. The number of benzene rings is 2. The van der Waals surface area contributed by atoms with Crippen LogP contribution in [0.3, 0.4) is 0 Å². The summed E-state index contributed by atoms with van der Waals surface area (Å²) >= 11 is 0. The molecule has 3 aromatic rings. The van der Waals surface area contributed by atoms with Gasteiger partial charge < -0.3 is 39.4 Å². The average Bonchev–Trinajstić information content (AvgIpc) is 3.13. The maximum absolute atomic E-state index is 13.3. The molecule has 1 aromatic heterocycles. The second-order valence-electron chi connectivity index (χ2n) is 8.53. The third-order valence-corrected chi connectivity index (χ3v) is 5.63. The topological polar surface area (TPSA) is 150 Å². The first kappa shape index (κ1) is 19.7. The van der Waals surface area contributed by atoms with Crippen LogP contribution in [0.5, 0.6) is 17.2 Å². The van der Waals surface area contributed by atoms with Gasteiger partial charge in [0.2, 0.25) is 5.43 Å². The van der Waals surface area contributed by atoms with E-state index >= 15 is 0 Å². The number of phenolic OH excluding ortho intramolecular Hbond substituents is 2. The van der Waals surface area contributed by atoms with Gasteiger partial charge in [0, 0.05) is 18.1 Å². The van der Waals surface area contributed by atoms with Crippen molar-refractivity contribution in [3.63, 3.8) is 0 Å². The SMILES string of the molecule is CC(C)(O)CC(O)c1ccc(O)c2c(=O)c3c(O)c4c(cc3oc12)OC1OC=CC41O. The molecule has 0 aliphatic carbocycles. The molecule has 0 spiro atoms. The largest absolute Gasteiger partial charge is 0.507 e. The molecule has 0 fully saturated rings. The van der Waals surface area contributed by atoms with Crippen LogP contribution in [-0.2, 0) is 10.3 Å². The van der Waals surface area contributed by atoms with Crippen LogP contribution >= 0.6 is 0 Å². The van der Waals surface area contributed by atoms with Crippen LogP contribution in [0.25, 0.3) is 21.9 Å². The molecule has 0 amide bonds. The molecule has 2 aliphatic heterocycles. The predicted octanol–water partition coefficient (Wildman–Crippen LogP) is 2.00. The molecule has 31 heavy (non-hydrogen) atoms. The summed E-state index contributed by atoms with van der Waals surface area (Å²) in [7, 11) is 0. The summed E-state index contributed by atoms with van der Waals surface area (Å²) in [6.45, 7) is 3.06. The summed E-state index contributed by atoms with van der Waals surface area (Å²) in [5.74, 6) is -0.880. The van der Waals surface area contributed by atoms with E-state index < -0.39 is 40.5 Å². The standard InChI is InChI=1S/C22H20O9/c1-21(2,27)8-11(24)9-3-4-10(23)14-17(25)15-12(30-19(9)14)7-13-16(18(15)26)22(28)5-6-29-20(22)31-13/h3-7,11,20,23-24,26-28H,8H2,1-2H3. The van der Waals surface area contributed by atoms with Crippen molar-refractivity contribution in [3.8, 4) is 17.2 Å². The fraction of sp³-hybridized carbons (Fsp3) is 0.318. The molecule has 3 heterocycles. The monoisotopic (exact) mass is 428 g/mol. The molecule has 0 saturated carbocycles. The number of aromatic hydroxyl groups is 2. The molecule has 0 bridgehead atoms. The zero-order chi connectivity index (χ0) is 22.3. The van der Waals surface area contributed by atoms with Crippen molar-refractivity contribution in [2.24, 2.45) is 0 Å². The van der Waals surface area contributed by atoms with Crippen LogP contribution in [0.2, 0.25) is 0 Å². The van der Waals surface area contributed by atoms with Gasteiger partial charge in [-0.15, -0.1) is 0 Å². The van der Waals surface area contributed by atoms with Crippen LogP contribution in [0.15, 0.2) is 39.7 Å². The Morgan fingerprint density at radius 3 is 2.68 bits per heavy atom. The minimum atomic E-state index is -1.78. The molecular weight excluding hydrogens is 408 g/mol. The first-order chi connectivity index (χ1) is 14.5. The van der Waals surface area contributed by atoms with Crippen LogP contribution in [0, 0.1) is 0 Å². The first-order valence-corrected chi connectivity index (χ1v) is 9.63. The maximum Gasteiger partial charge on any atom is 0.277 e. The molecule has 2 aromatic carbocycles. The predicted molar refractivity (Wildman–Crippen MR) is 108 cm³/mol. The number of hydrogen-bond donors (Lipinski definition) is 5. The van der Waals surface area contributed by atoms with Crippen LogP contribution in [0.1, 0.15) is 37.5 Å². The number of aliphatic hydroxyl groups is 3. The lowest BCUT2D eigenvalue weighted by atomic mass is 9.92. The molecule has 162 valence electrons. The van der Waals surface area contributed by atoms with Crippen molar-refractivity contribution in [1.29, 1.82) is 0 Å². The van der Waals surface area contributed by atoms with E-state index in [0.29, 0.717) is 0 Å². The number of rotatable bonds is 3. The Morgan fingerprint density at radius 2 is 1.97 bits per heavy atom. The zero-order valence-electron chi connectivity index (χ0n) is 16.6. The summed E-state index contributed by atoms with van der Waals surface area (Å²) in [6.07, 6.45) is 0.183. The van der Waals surface area contributed by atoms with Crippen molar-refractivity contribution < 1.29 is 39.4 Å². The molecular formula is C22H20O9. The van der Waals surface area contributed by atoms with E-state index in [1.807, 2.05) is 0 Å². The van der Waals surface area contributed by atoms with E-state index in [9.17, 15) is 30.3 Å². The Labute approximate surface area is 175 Å². The summed E-state index contributed by atoms with van der Waals surface area (Å²) in [4.78, 5) is 13.3. The van der Waals surface area contributed by atoms with E-state index in [4.69, 9.17) is 13.9 Å². The molecule has 9 heteroatoms. The molecule has 9 nitrogen and oxygen atoms in total.